The third kappa shape index (κ3) is 3.51. The third-order valence-corrected chi connectivity index (χ3v) is 3.60. The van der Waals surface area contributed by atoms with Crippen molar-refractivity contribution in [2.45, 2.75) is 11.6 Å². The van der Waals surface area contributed by atoms with E-state index in [0.29, 0.717) is 11.3 Å². The van der Waals surface area contributed by atoms with Crippen LogP contribution in [0.1, 0.15) is 5.56 Å². The Kier molecular flexibility index (Phi) is 3.99. The molecule has 0 unspecified atom stereocenters. The van der Waals surface area contributed by atoms with Crippen LogP contribution in [0.15, 0.2) is 41.6 Å². The largest absolute Gasteiger partial charge is 0.380 e. The highest BCUT2D eigenvalue weighted by Gasteiger charge is 2.08. The van der Waals surface area contributed by atoms with E-state index in [1.165, 1.54) is 18.3 Å². The average Bonchev–Trinajstić information content (AvgIpc) is 2.40. The standard InChI is InChI=1S/C13H12F2N2O2S/c1-20(18,19)13-5-3-10(8-17-13)16-7-9-2-4-11(14)12(15)6-9/h2-6,8,16H,7H2,1H3. The molecule has 0 bridgehead atoms. The molecule has 4 nitrogen and oxygen atoms in total. The molecule has 1 heterocycles. The molecule has 0 aliphatic rings. The van der Waals surface area contributed by atoms with Crippen LogP contribution in [0.2, 0.25) is 0 Å². The molecule has 0 amide bonds. The van der Waals surface area contributed by atoms with E-state index in [0.717, 1.165) is 18.4 Å². The summed E-state index contributed by atoms with van der Waals surface area (Å²) in [6.07, 6.45) is 2.44. The highest BCUT2D eigenvalue weighted by Crippen LogP contribution is 2.13. The van der Waals surface area contributed by atoms with Crippen LogP contribution in [-0.2, 0) is 16.4 Å². The van der Waals surface area contributed by atoms with Gasteiger partial charge in [0.1, 0.15) is 0 Å². The van der Waals surface area contributed by atoms with E-state index in [1.807, 2.05) is 0 Å². The zero-order chi connectivity index (χ0) is 14.8. The molecule has 0 radical (unpaired) electrons. The number of nitrogens with one attached hydrogen (secondary N) is 1. The van der Waals surface area contributed by atoms with Gasteiger partial charge in [0.15, 0.2) is 26.5 Å². The van der Waals surface area contributed by atoms with Crippen molar-refractivity contribution in [3.05, 3.63) is 53.7 Å². The van der Waals surface area contributed by atoms with Gasteiger partial charge in [-0.05, 0) is 29.8 Å². The van der Waals surface area contributed by atoms with Crippen LogP contribution >= 0.6 is 0 Å². The number of pyridine rings is 1. The molecule has 20 heavy (non-hydrogen) atoms. The molecule has 1 aromatic heterocycles. The van der Waals surface area contributed by atoms with E-state index in [2.05, 4.69) is 10.3 Å². The van der Waals surface area contributed by atoms with Gasteiger partial charge in [0.05, 0.1) is 11.9 Å². The predicted molar refractivity (Wildman–Crippen MR) is 71.0 cm³/mol. The second-order valence-electron chi connectivity index (χ2n) is 4.26. The van der Waals surface area contributed by atoms with Crippen LogP contribution < -0.4 is 5.32 Å². The number of halogens is 2. The van der Waals surface area contributed by atoms with E-state index >= 15 is 0 Å². The summed E-state index contributed by atoms with van der Waals surface area (Å²) in [5, 5.41) is 2.92. The normalized spacial score (nSPS) is 11.3. The number of rotatable bonds is 4. The Morgan fingerprint density at radius 3 is 2.45 bits per heavy atom. The highest BCUT2D eigenvalue weighted by atomic mass is 32.2. The molecule has 2 aromatic rings. The van der Waals surface area contributed by atoms with Crippen LogP contribution in [0.5, 0.6) is 0 Å². The lowest BCUT2D eigenvalue weighted by molar-refractivity contribution is 0.507. The van der Waals surface area contributed by atoms with Crippen LogP contribution in [-0.4, -0.2) is 19.7 Å². The smallest absolute Gasteiger partial charge is 0.192 e. The minimum Gasteiger partial charge on any atom is -0.380 e. The summed E-state index contributed by atoms with van der Waals surface area (Å²) >= 11 is 0. The van der Waals surface area contributed by atoms with E-state index in [1.54, 1.807) is 6.07 Å². The number of hydrogen-bond donors (Lipinski definition) is 1. The van der Waals surface area contributed by atoms with Gasteiger partial charge in [0, 0.05) is 12.8 Å². The molecule has 0 saturated heterocycles. The van der Waals surface area contributed by atoms with Crippen LogP contribution in [0.4, 0.5) is 14.5 Å². The summed E-state index contributed by atoms with van der Waals surface area (Å²) in [5.74, 6) is -1.80. The second kappa shape index (κ2) is 5.54. The van der Waals surface area contributed by atoms with Crippen molar-refractivity contribution in [3.63, 3.8) is 0 Å². The maximum absolute atomic E-state index is 13.0. The summed E-state index contributed by atoms with van der Waals surface area (Å²) in [6.45, 7) is 0.275. The van der Waals surface area contributed by atoms with Gasteiger partial charge in [0.25, 0.3) is 0 Å². The number of hydrogen-bond acceptors (Lipinski definition) is 4. The number of nitrogens with zero attached hydrogens (tertiary/aromatic N) is 1. The van der Waals surface area contributed by atoms with Crippen molar-refractivity contribution in [1.82, 2.24) is 4.98 Å². The molecule has 1 aromatic carbocycles. The minimum atomic E-state index is -3.33. The van der Waals surface area contributed by atoms with Crippen molar-refractivity contribution in [2.24, 2.45) is 0 Å². The Morgan fingerprint density at radius 1 is 1.15 bits per heavy atom. The number of anilines is 1. The molecule has 0 aliphatic carbocycles. The fraction of sp³-hybridized carbons (Fsp3) is 0.154. The Labute approximate surface area is 115 Å². The molecule has 0 atom stereocenters. The molecule has 0 fully saturated rings. The predicted octanol–water partition coefficient (Wildman–Crippen LogP) is 2.38. The summed E-state index contributed by atoms with van der Waals surface area (Å²) in [4.78, 5) is 3.81. The Morgan fingerprint density at radius 2 is 1.90 bits per heavy atom. The summed E-state index contributed by atoms with van der Waals surface area (Å²) in [7, 11) is -3.33. The molecule has 0 saturated carbocycles. The molecule has 0 aliphatic heterocycles. The maximum atomic E-state index is 13.0. The van der Waals surface area contributed by atoms with Crippen LogP contribution in [0, 0.1) is 11.6 Å². The zero-order valence-electron chi connectivity index (χ0n) is 10.6. The van der Waals surface area contributed by atoms with Crippen LogP contribution in [0.25, 0.3) is 0 Å². The molecule has 106 valence electrons. The molecule has 2 rings (SSSR count). The van der Waals surface area contributed by atoms with Gasteiger partial charge in [0.2, 0.25) is 0 Å². The number of benzene rings is 1. The maximum Gasteiger partial charge on any atom is 0.192 e. The van der Waals surface area contributed by atoms with Gasteiger partial charge in [-0.2, -0.15) is 0 Å². The molecular formula is C13H12F2N2O2S. The fourth-order valence-electron chi connectivity index (χ4n) is 1.56. The Bertz CT molecular complexity index is 716. The van der Waals surface area contributed by atoms with E-state index in [4.69, 9.17) is 0 Å². The summed E-state index contributed by atoms with van der Waals surface area (Å²) in [6, 6.07) is 6.55. The first-order valence-corrected chi connectivity index (χ1v) is 7.59. The zero-order valence-corrected chi connectivity index (χ0v) is 11.4. The molecule has 7 heteroatoms. The highest BCUT2D eigenvalue weighted by molar-refractivity contribution is 7.90. The first-order chi connectivity index (χ1) is 9.36. The van der Waals surface area contributed by atoms with Gasteiger partial charge < -0.3 is 5.32 Å². The minimum absolute atomic E-state index is 0.0177. The van der Waals surface area contributed by atoms with Crippen LogP contribution in [0.3, 0.4) is 0 Å². The quantitative estimate of drug-likeness (QED) is 0.941. The van der Waals surface area contributed by atoms with Crippen molar-refractivity contribution in [1.29, 1.82) is 0 Å². The lowest BCUT2D eigenvalue weighted by atomic mass is 10.2. The molecular weight excluding hydrogens is 286 g/mol. The van der Waals surface area contributed by atoms with E-state index in [9.17, 15) is 17.2 Å². The van der Waals surface area contributed by atoms with Crippen molar-refractivity contribution in [3.8, 4) is 0 Å². The number of sulfone groups is 1. The van der Waals surface area contributed by atoms with E-state index in [-0.39, 0.29) is 11.6 Å². The summed E-state index contributed by atoms with van der Waals surface area (Å²) < 4.78 is 48.2. The second-order valence-corrected chi connectivity index (χ2v) is 6.22. The summed E-state index contributed by atoms with van der Waals surface area (Å²) in [5.41, 5.74) is 1.15. The van der Waals surface area contributed by atoms with Gasteiger partial charge in [-0.15, -0.1) is 0 Å². The lowest BCUT2D eigenvalue weighted by Crippen LogP contribution is -2.03. The fourth-order valence-corrected chi connectivity index (χ4v) is 2.12. The number of aromatic nitrogens is 1. The third-order valence-electron chi connectivity index (χ3n) is 2.60. The van der Waals surface area contributed by atoms with Crippen molar-refractivity contribution in [2.75, 3.05) is 11.6 Å². The first kappa shape index (κ1) is 14.4. The van der Waals surface area contributed by atoms with Gasteiger partial charge in [-0.3, -0.25) is 0 Å². The first-order valence-electron chi connectivity index (χ1n) is 5.70. The Hall–Kier alpha value is -2.02. The van der Waals surface area contributed by atoms with Gasteiger partial charge >= 0.3 is 0 Å². The monoisotopic (exact) mass is 298 g/mol. The van der Waals surface area contributed by atoms with Gasteiger partial charge in [-0.1, -0.05) is 6.07 Å². The Balaban J connectivity index is 2.06. The topological polar surface area (TPSA) is 59.1 Å². The van der Waals surface area contributed by atoms with Crippen molar-refractivity contribution >= 4 is 15.5 Å². The van der Waals surface area contributed by atoms with E-state index < -0.39 is 21.5 Å². The van der Waals surface area contributed by atoms with Gasteiger partial charge in [-0.25, -0.2) is 22.2 Å². The molecule has 0 spiro atoms. The molecule has 1 N–H and O–H groups in total. The SMILES string of the molecule is CS(=O)(=O)c1ccc(NCc2ccc(F)c(F)c2)cn1. The van der Waals surface area contributed by atoms with Crippen molar-refractivity contribution < 1.29 is 17.2 Å². The average molecular weight is 298 g/mol. The lowest BCUT2D eigenvalue weighted by Gasteiger charge is -2.07.